The average Bonchev–Trinajstić information content (AvgIpc) is 3.11. The van der Waals surface area contributed by atoms with Crippen LogP contribution in [-0.4, -0.2) is 39.0 Å². The van der Waals surface area contributed by atoms with Gasteiger partial charge < -0.3 is 10.0 Å². The molecule has 1 saturated carbocycles. The number of fused-ring (bicyclic) bond motifs is 1. The van der Waals surface area contributed by atoms with Gasteiger partial charge in [0.1, 0.15) is 10.9 Å². The summed E-state index contributed by atoms with van der Waals surface area (Å²) in [5.74, 6) is -0.662. The van der Waals surface area contributed by atoms with E-state index in [2.05, 4.69) is 11.9 Å². The Labute approximate surface area is 134 Å². The van der Waals surface area contributed by atoms with Gasteiger partial charge in [0.25, 0.3) is 5.91 Å². The number of amides is 1. The highest BCUT2D eigenvalue weighted by Gasteiger charge is 2.47. The first-order chi connectivity index (χ1) is 10.6. The van der Waals surface area contributed by atoms with Gasteiger partial charge in [-0.1, -0.05) is 19.8 Å². The lowest BCUT2D eigenvalue weighted by atomic mass is 9.85. The third-order valence-electron chi connectivity index (χ3n) is 4.84. The molecule has 1 amide bonds. The first-order valence-corrected chi connectivity index (χ1v) is 8.93. The molecule has 1 aromatic rings. The standard InChI is InChI=1S/C16H22N2O3S/c1-2-5-14-17-9-13(22-14)15(19)18-11-7-4-3-6-10(11)8-12(18)16(20)21/h9-12H,2-8H2,1H3,(H,20,21)/t10-,11-,12-/m0/s1. The molecule has 2 fully saturated rings. The van der Waals surface area contributed by atoms with Crippen LogP contribution in [0.25, 0.3) is 0 Å². The quantitative estimate of drug-likeness (QED) is 0.925. The third-order valence-corrected chi connectivity index (χ3v) is 5.88. The maximum absolute atomic E-state index is 12.9. The molecule has 0 aromatic carbocycles. The SMILES string of the molecule is CCCc1ncc(C(=O)N2[C@H](C(=O)O)C[C@@H]3CCCC[C@@H]32)s1. The molecule has 2 heterocycles. The summed E-state index contributed by atoms with van der Waals surface area (Å²) in [6.07, 6.45) is 8.29. The van der Waals surface area contributed by atoms with Crippen molar-refractivity contribution in [2.24, 2.45) is 5.92 Å². The van der Waals surface area contributed by atoms with E-state index in [0.29, 0.717) is 17.2 Å². The van der Waals surface area contributed by atoms with Crippen molar-refractivity contribution in [3.63, 3.8) is 0 Å². The van der Waals surface area contributed by atoms with E-state index in [1.54, 1.807) is 11.1 Å². The summed E-state index contributed by atoms with van der Waals surface area (Å²) < 4.78 is 0. The van der Waals surface area contributed by atoms with Crippen LogP contribution in [0.1, 0.15) is 60.1 Å². The number of hydrogen-bond acceptors (Lipinski definition) is 4. The van der Waals surface area contributed by atoms with Gasteiger partial charge >= 0.3 is 5.97 Å². The number of carbonyl (C=O) groups is 2. The van der Waals surface area contributed by atoms with Crippen LogP contribution in [0.3, 0.4) is 0 Å². The predicted molar refractivity (Wildman–Crippen MR) is 84.1 cm³/mol. The third kappa shape index (κ3) is 2.76. The highest BCUT2D eigenvalue weighted by molar-refractivity contribution is 7.13. The lowest BCUT2D eigenvalue weighted by Crippen LogP contribution is -2.46. The summed E-state index contributed by atoms with van der Waals surface area (Å²) in [5.41, 5.74) is 0. The fourth-order valence-corrected chi connectivity index (χ4v) is 4.80. The first-order valence-electron chi connectivity index (χ1n) is 8.12. The number of aromatic nitrogens is 1. The van der Waals surface area contributed by atoms with Crippen molar-refractivity contribution in [2.75, 3.05) is 0 Å². The van der Waals surface area contributed by atoms with Crippen molar-refractivity contribution in [1.82, 2.24) is 9.88 Å². The number of nitrogens with zero attached hydrogens (tertiary/aromatic N) is 2. The second-order valence-corrected chi connectivity index (χ2v) is 7.40. The maximum Gasteiger partial charge on any atom is 0.326 e. The highest BCUT2D eigenvalue weighted by Crippen LogP contribution is 2.40. The summed E-state index contributed by atoms with van der Waals surface area (Å²) in [5, 5.41) is 10.5. The van der Waals surface area contributed by atoms with Crippen LogP contribution >= 0.6 is 11.3 Å². The van der Waals surface area contributed by atoms with Gasteiger partial charge in [-0.05, 0) is 38.0 Å². The van der Waals surface area contributed by atoms with Crippen molar-refractivity contribution in [2.45, 2.75) is 64.0 Å². The topological polar surface area (TPSA) is 70.5 Å². The Balaban J connectivity index is 1.85. The molecule has 0 unspecified atom stereocenters. The monoisotopic (exact) mass is 322 g/mol. The molecule has 3 rings (SSSR count). The fourth-order valence-electron chi connectivity index (χ4n) is 3.84. The fraction of sp³-hybridized carbons (Fsp3) is 0.688. The Morgan fingerprint density at radius 1 is 1.41 bits per heavy atom. The van der Waals surface area contributed by atoms with E-state index in [1.165, 1.54) is 11.3 Å². The molecule has 22 heavy (non-hydrogen) atoms. The lowest BCUT2D eigenvalue weighted by Gasteiger charge is -2.32. The predicted octanol–water partition coefficient (Wildman–Crippen LogP) is 2.95. The molecule has 0 bridgehead atoms. The van der Waals surface area contributed by atoms with Gasteiger partial charge in [0.05, 0.1) is 11.2 Å². The smallest absolute Gasteiger partial charge is 0.326 e. The van der Waals surface area contributed by atoms with Crippen LogP contribution < -0.4 is 0 Å². The number of likely N-dealkylation sites (tertiary alicyclic amines) is 1. The minimum atomic E-state index is -0.874. The summed E-state index contributed by atoms with van der Waals surface area (Å²) in [6.45, 7) is 2.08. The molecule has 1 aliphatic heterocycles. The Hall–Kier alpha value is -1.43. The number of aryl methyl sites for hydroxylation is 1. The van der Waals surface area contributed by atoms with Crippen molar-refractivity contribution in [3.8, 4) is 0 Å². The van der Waals surface area contributed by atoms with Crippen molar-refractivity contribution in [3.05, 3.63) is 16.1 Å². The number of thiazole rings is 1. The van der Waals surface area contributed by atoms with E-state index < -0.39 is 12.0 Å². The molecule has 3 atom stereocenters. The maximum atomic E-state index is 12.9. The minimum absolute atomic E-state index is 0.0964. The van der Waals surface area contributed by atoms with Crippen LogP contribution in [0, 0.1) is 5.92 Å². The van der Waals surface area contributed by atoms with Crippen LogP contribution in [0.4, 0.5) is 0 Å². The number of rotatable bonds is 4. The Morgan fingerprint density at radius 2 is 2.18 bits per heavy atom. The van der Waals surface area contributed by atoms with Gasteiger partial charge in [-0.2, -0.15) is 0 Å². The van der Waals surface area contributed by atoms with Gasteiger partial charge in [0, 0.05) is 6.04 Å². The molecule has 0 radical (unpaired) electrons. The molecule has 1 aliphatic carbocycles. The van der Waals surface area contributed by atoms with Crippen molar-refractivity contribution in [1.29, 1.82) is 0 Å². The first kappa shape index (κ1) is 15.5. The number of hydrogen-bond donors (Lipinski definition) is 1. The number of carboxylic acid groups (broad SMARTS) is 1. The van der Waals surface area contributed by atoms with Gasteiger partial charge in [0.15, 0.2) is 0 Å². The van der Waals surface area contributed by atoms with Crippen LogP contribution in [0.2, 0.25) is 0 Å². The molecule has 1 aromatic heterocycles. The second kappa shape index (κ2) is 6.36. The van der Waals surface area contributed by atoms with Gasteiger partial charge in [-0.15, -0.1) is 11.3 Å². The summed E-state index contributed by atoms with van der Waals surface area (Å²) >= 11 is 1.41. The van der Waals surface area contributed by atoms with Gasteiger partial charge in [-0.25, -0.2) is 9.78 Å². The molecule has 2 aliphatic rings. The number of aliphatic carboxylic acids is 1. The molecule has 5 nitrogen and oxygen atoms in total. The summed E-state index contributed by atoms with van der Waals surface area (Å²) in [7, 11) is 0. The summed E-state index contributed by atoms with van der Waals surface area (Å²) in [6, 6.07) is -0.573. The van der Waals surface area contributed by atoms with Gasteiger partial charge in [0.2, 0.25) is 0 Å². The minimum Gasteiger partial charge on any atom is -0.480 e. The van der Waals surface area contributed by atoms with E-state index in [4.69, 9.17) is 0 Å². The van der Waals surface area contributed by atoms with E-state index >= 15 is 0 Å². The average molecular weight is 322 g/mol. The van der Waals surface area contributed by atoms with Crippen LogP contribution in [-0.2, 0) is 11.2 Å². The summed E-state index contributed by atoms with van der Waals surface area (Å²) in [4.78, 5) is 31.0. The number of carbonyl (C=O) groups excluding carboxylic acids is 1. The van der Waals surface area contributed by atoms with Crippen LogP contribution in [0.5, 0.6) is 0 Å². The van der Waals surface area contributed by atoms with Crippen LogP contribution in [0.15, 0.2) is 6.20 Å². The molecule has 0 spiro atoms. The Bertz CT molecular complexity index is 571. The Morgan fingerprint density at radius 3 is 2.91 bits per heavy atom. The molecule has 6 heteroatoms. The van der Waals surface area contributed by atoms with E-state index in [1.807, 2.05) is 0 Å². The Kier molecular flexibility index (Phi) is 4.47. The zero-order valence-corrected chi connectivity index (χ0v) is 13.6. The number of carboxylic acids is 1. The lowest BCUT2D eigenvalue weighted by molar-refractivity contribution is -0.141. The van der Waals surface area contributed by atoms with E-state index in [-0.39, 0.29) is 11.9 Å². The normalized spacial score (nSPS) is 27.7. The van der Waals surface area contributed by atoms with E-state index in [0.717, 1.165) is 43.5 Å². The zero-order chi connectivity index (χ0) is 15.7. The zero-order valence-electron chi connectivity index (χ0n) is 12.8. The molecule has 1 N–H and O–H groups in total. The molecular weight excluding hydrogens is 300 g/mol. The van der Waals surface area contributed by atoms with Gasteiger partial charge in [-0.3, -0.25) is 4.79 Å². The van der Waals surface area contributed by atoms with Crippen molar-refractivity contribution < 1.29 is 14.7 Å². The highest BCUT2D eigenvalue weighted by atomic mass is 32.1. The van der Waals surface area contributed by atoms with E-state index in [9.17, 15) is 14.7 Å². The van der Waals surface area contributed by atoms with Crippen molar-refractivity contribution >= 4 is 23.2 Å². The largest absolute Gasteiger partial charge is 0.480 e. The molecule has 1 saturated heterocycles. The second-order valence-electron chi connectivity index (χ2n) is 6.28. The molecular formula is C16H22N2O3S. The molecule has 120 valence electrons.